The first-order valence-corrected chi connectivity index (χ1v) is 10.8. The van der Waals surface area contributed by atoms with Gasteiger partial charge in [0.05, 0.1) is 12.6 Å². The van der Waals surface area contributed by atoms with Crippen LogP contribution in [0, 0.1) is 0 Å². The summed E-state index contributed by atoms with van der Waals surface area (Å²) in [5.41, 5.74) is 23.5. The minimum Gasteiger partial charge on any atom is -0.394 e. The Morgan fingerprint density at radius 1 is 0.667 bits per heavy atom. The zero-order valence-corrected chi connectivity index (χ0v) is 17.9. The summed E-state index contributed by atoms with van der Waals surface area (Å²) in [5, 5.41) is 70.9. The van der Waals surface area contributed by atoms with Crippen molar-refractivity contribution in [2.24, 2.45) is 22.9 Å². The maximum atomic E-state index is 10.9. The van der Waals surface area contributed by atoms with Gasteiger partial charge in [0.15, 0.2) is 12.6 Å². The van der Waals surface area contributed by atoms with Crippen molar-refractivity contribution >= 4 is 0 Å². The average Bonchev–Trinajstić information content (AvgIpc) is 2.79. The van der Waals surface area contributed by atoms with E-state index < -0.39 is 98.4 Å². The van der Waals surface area contributed by atoms with Crippen LogP contribution in [0.25, 0.3) is 0 Å². The van der Waals surface area contributed by atoms with E-state index in [1.165, 1.54) is 0 Å². The van der Waals surface area contributed by atoms with E-state index in [-0.39, 0.29) is 13.0 Å². The minimum atomic E-state index is -1.66. The molecule has 0 aromatic carbocycles. The van der Waals surface area contributed by atoms with E-state index in [0.29, 0.717) is 0 Å². The average molecular weight is 485 g/mol. The van der Waals surface area contributed by atoms with Crippen LogP contribution in [0.15, 0.2) is 0 Å². The minimum absolute atomic E-state index is 0.0849. The Morgan fingerprint density at radius 3 is 1.70 bits per heavy atom. The van der Waals surface area contributed by atoms with Gasteiger partial charge < -0.3 is 77.6 Å². The molecule has 0 aromatic rings. The molecule has 0 unspecified atom stereocenters. The van der Waals surface area contributed by atoms with Crippen LogP contribution in [-0.4, -0.2) is 141 Å². The number of hydrogen-bond acceptors (Lipinski definition) is 15. The van der Waals surface area contributed by atoms with Gasteiger partial charge in [-0.15, -0.1) is 0 Å². The van der Waals surface area contributed by atoms with Gasteiger partial charge in [-0.05, 0) is 6.42 Å². The molecule has 15 heteroatoms. The van der Waals surface area contributed by atoms with Crippen molar-refractivity contribution in [3.05, 3.63) is 0 Å². The molecule has 2 saturated heterocycles. The quantitative estimate of drug-likeness (QED) is 0.167. The lowest BCUT2D eigenvalue weighted by molar-refractivity contribution is -0.332. The Labute approximate surface area is 189 Å². The smallest absolute Gasteiger partial charge is 0.187 e. The third kappa shape index (κ3) is 5.32. The molecule has 1 saturated carbocycles. The molecule has 0 amide bonds. The van der Waals surface area contributed by atoms with Crippen LogP contribution in [0.3, 0.4) is 0 Å². The third-order valence-electron chi connectivity index (χ3n) is 6.48. The zero-order chi connectivity index (χ0) is 24.6. The van der Waals surface area contributed by atoms with Crippen molar-refractivity contribution in [3.8, 4) is 0 Å². The molecule has 0 radical (unpaired) electrons. The maximum absolute atomic E-state index is 10.9. The van der Waals surface area contributed by atoms with Gasteiger partial charge in [-0.1, -0.05) is 0 Å². The zero-order valence-electron chi connectivity index (χ0n) is 17.9. The van der Waals surface area contributed by atoms with E-state index in [1.807, 2.05) is 0 Å². The van der Waals surface area contributed by atoms with Gasteiger partial charge in [-0.2, -0.15) is 0 Å². The van der Waals surface area contributed by atoms with Gasteiger partial charge in [-0.3, -0.25) is 0 Å². The van der Waals surface area contributed by atoms with Gasteiger partial charge in [-0.25, -0.2) is 0 Å². The van der Waals surface area contributed by atoms with Crippen molar-refractivity contribution in [2.45, 2.75) is 98.2 Å². The molecule has 3 fully saturated rings. The number of rotatable bonds is 6. The summed E-state index contributed by atoms with van der Waals surface area (Å²) >= 11 is 0. The van der Waals surface area contributed by atoms with Gasteiger partial charge in [0.2, 0.25) is 0 Å². The fraction of sp³-hybridized carbons (Fsp3) is 1.00. The van der Waals surface area contributed by atoms with Crippen LogP contribution in [-0.2, 0) is 18.9 Å². The molecule has 194 valence electrons. The lowest BCUT2D eigenvalue weighted by Gasteiger charge is -2.48. The van der Waals surface area contributed by atoms with Crippen molar-refractivity contribution in [1.29, 1.82) is 0 Å². The van der Waals surface area contributed by atoms with Gasteiger partial charge in [0.1, 0.15) is 61.0 Å². The summed E-state index contributed by atoms with van der Waals surface area (Å²) < 4.78 is 22.2. The molecule has 15 nitrogen and oxygen atoms in total. The Balaban J connectivity index is 1.72. The lowest BCUT2D eigenvalue weighted by Crippen LogP contribution is -2.68. The van der Waals surface area contributed by atoms with E-state index in [0.717, 1.165) is 0 Å². The van der Waals surface area contributed by atoms with E-state index >= 15 is 0 Å². The molecule has 0 aromatic heterocycles. The van der Waals surface area contributed by atoms with E-state index in [9.17, 15) is 35.7 Å². The highest BCUT2D eigenvalue weighted by Crippen LogP contribution is 2.31. The topological polar surface area (TPSA) is 283 Å². The lowest BCUT2D eigenvalue weighted by atomic mass is 9.84. The predicted octanol–water partition coefficient (Wildman–Crippen LogP) is -7.29. The molecule has 33 heavy (non-hydrogen) atoms. The highest BCUT2D eigenvalue weighted by molar-refractivity contribution is 5.01. The summed E-state index contributed by atoms with van der Waals surface area (Å²) in [4.78, 5) is 0. The first kappa shape index (κ1) is 27.0. The fourth-order valence-electron chi connectivity index (χ4n) is 4.40. The fourth-order valence-corrected chi connectivity index (χ4v) is 4.40. The van der Waals surface area contributed by atoms with Crippen molar-refractivity contribution in [2.75, 3.05) is 13.2 Å². The number of ether oxygens (including phenoxy) is 4. The second-order valence-corrected chi connectivity index (χ2v) is 8.79. The number of hydrogen-bond donors (Lipinski definition) is 11. The van der Waals surface area contributed by atoms with E-state index in [4.69, 9.17) is 41.9 Å². The number of aliphatic hydroxyl groups is 7. The number of aliphatic hydroxyl groups excluding tert-OH is 7. The first-order chi connectivity index (χ1) is 15.5. The Morgan fingerprint density at radius 2 is 1.18 bits per heavy atom. The van der Waals surface area contributed by atoms with Crippen LogP contribution in [0.2, 0.25) is 0 Å². The van der Waals surface area contributed by atoms with Crippen LogP contribution in [0.5, 0.6) is 0 Å². The Kier molecular flexibility index (Phi) is 8.99. The molecule has 3 rings (SSSR count). The molecule has 0 bridgehead atoms. The first-order valence-electron chi connectivity index (χ1n) is 10.8. The highest BCUT2D eigenvalue weighted by atomic mass is 16.7. The molecule has 15 atom stereocenters. The van der Waals surface area contributed by atoms with Crippen molar-refractivity contribution in [3.63, 3.8) is 0 Å². The molecule has 0 spiro atoms. The molecular weight excluding hydrogens is 448 g/mol. The van der Waals surface area contributed by atoms with Gasteiger partial charge in [0.25, 0.3) is 0 Å². The van der Waals surface area contributed by atoms with E-state index in [2.05, 4.69) is 0 Å². The maximum Gasteiger partial charge on any atom is 0.187 e. The third-order valence-corrected chi connectivity index (χ3v) is 6.48. The molecule has 15 N–H and O–H groups in total. The monoisotopic (exact) mass is 484 g/mol. The SMILES string of the molecule is NC[C@@H]1O[C@@H](O[C@H]2[C@@H](O)[C@H](O[C@@H]3O[C@@H](CO)[C@H](O)[C@@H](N)[C@@H]3O)[C@@H](N)C[C@H]2N)[C@@H](O)[C@H](O)[C@H]1O. The summed E-state index contributed by atoms with van der Waals surface area (Å²) in [5.74, 6) is 0. The van der Waals surface area contributed by atoms with E-state index in [1.54, 1.807) is 0 Å². The Bertz CT molecular complexity index is 584. The van der Waals surface area contributed by atoms with Crippen LogP contribution in [0.4, 0.5) is 0 Å². The molecule has 3 aliphatic rings. The highest BCUT2D eigenvalue weighted by Gasteiger charge is 2.51. The summed E-state index contributed by atoms with van der Waals surface area (Å²) in [6.07, 6.45) is -16.5. The number of nitrogens with two attached hydrogens (primary N) is 4. The standard InChI is InChI=1S/C18H36N4O11/c19-2-6-10(25)12(27)13(28)18(30-6)33-16-5(21)1-4(20)15(14(16)29)32-17-11(26)8(22)9(24)7(3-23)31-17/h4-18,23-29H,1-3,19-22H2/t4-,5+,6-,7-,8+,9-,10-,11-,12+,13-,14-,15+,16+,17-,18-/m0/s1. The predicted molar refractivity (Wildman–Crippen MR) is 108 cm³/mol. The largest absolute Gasteiger partial charge is 0.394 e. The van der Waals surface area contributed by atoms with Crippen LogP contribution >= 0.6 is 0 Å². The summed E-state index contributed by atoms with van der Waals surface area (Å²) in [6, 6.07) is -2.86. The van der Waals surface area contributed by atoms with Crippen molar-refractivity contribution in [1.82, 2.24) is 0 Å². The molecule has 2 heterocycles. The van der Waals surface area contributed by atoms with Gasteiger partial charge in [0, 0.05) is 18.6 Å². The van der Waals surface area contributed by atoms with Crippen molar-refractivity contribution < 1.29 is 54.7 Å². The summed E-state index contributed by atoms with van der Waals surface area (Å²) in [7, 11) is 0. The molecular formula is C18H36N4O11. The second-order valence-electron chi connectivity index (χ2n) is 8.79. The normalized spacial score (nSPS) is 53.7. The van der Waals surface area contributed by atoms with Crippen LogP contribution < -0.4 is 22.9 Å². The van der Waals surface area contributed by atoms with Gasteiger partial charge >= 0.3 is 0 Å². The molecule has 1 aliphatic carbocycles. The second kappa shape index (κ2) is 11.0. The Hall–Kier alpha value is -0.600. The summed E-state index contributed by atoms with van der Waals surface area (Å²) in [6.45, 7) is -0.763. The molecule has 2 aliphatic heterocycles. The van der Waals surface area contributed by atoms with Crippen LogP contribution in [0.1, 0.15) is 6.42 Å².